The first-order chi connectivity index (χ1) is 14.5. The molecule has 1 heterocycles. The van der Waals surface area contributed by atoms with Crippen molar-refractivity contribution in [2.45, 2.75) is 63.6 Å². The average molecular weight is 425 g/mol. The maximum atomic E-state index is 12.3. The van der Waals surface area contributed by atoms with Gasteiger partial charge < -0.3 is 26.0 Å². The van der Waals surface area contributed by atoms with E-state index in [4.69, 9.17) is 4.74 Å². The smallest absolute Gasteiger partial charge is 0.335 e. The molecule has 10 heteroatoms. The van der Waals surface area contributed by atoms with Crippen LogP contribution >= 0.6 is 0 Å². The SMILES string of the molecule is CC[C@@H](/C=N/NC(=O)NC[C@H]1CC[C@H](C(=O)NC)CC1)NC(=O)[C@@H]1C[C@@H](OC)CN1. The minimum Gasteiger partial charge on any atom is -0.380 e. The van der Waals surface area contributed by atoms with Crippen LogP contribution in [0.3, 0.4) is 0 Å². The molecule has 3 atom stereocenters. The molecular formula is C20H36N6O4. The van der Waals surface area contributed by atoms with Crippen molar-refractivity contribution in [2.75, 3.05) is 27.2 Å². The van der Waals surface area contributed by atoms with Crippen molar-refractivity contribution < 1.29 is 19.1 Å². The van der Waals surface area contributed by atoms with Gasteiger partial charge in [-0.25, -0.2) is 10.2 Å². The Morgan fingerprint density at radius 3 is 2.53 bits per heavy atom. The van der Waals surface area contributed by atoms with Gasteiger partial charge in [0.2, 0.25) is 11.8 Å². The number of nitrogens with one attached hydrogen (secondary N) is 5. The third-order valence-corrected chi connectivity index (χ3v) is 5.94. The van der Waals surface area contributed by atoms with Crippen LogP contribution in [0.15, 0.2) is 5.10 Å². The first-order valence-electron chi connectivity index (χ1n) is 10.8. The Hall–Kier alpha value is -2.20. The Bertz CT molecular complexity index is 606. The van der Waals surface area contributed by atoms with Crippen LogP contribution in [0.2, 0.25) is 0 Å². The van der Waals surface area contributed by atoms with Gasteiger partial charge in [-0.05, 0) is 44.4 Å². The van der Waals surface area contributed by atoms with Crippen molar-refractivity contribution in [1.29, 1.82) is 0 Å². The number of hydrogen-bond donors (Lipinski definition) is 5. The molecule has 0 spiro atoms. The largest absolute Gasteiger partial charge is 0.380 e. The molecular weight excluding hydrogens is 388 g/mol. The summed E-state index contributed by atoms with van der Waals surface area (Å²) in [6, 6.07) is -0.908. The lowest BCUT2D eigenvalue weighted by Gasteiger charge is -2.27. The Kier molecular flexibility index (Phi) is 10.0. The lowest BCUT2D eigenvalue weighted by atomic mass is 9.81. The summed E-state index contributed by atoms with van der Waals surface area (Å²) < 4.78 is 5.26. The molecule has 0 radical (unpaired) electrons. The maximum Gasteiger partial charge on any atom is 0.335 e. The number of carbonyl (C=O) groups excluding carboxylic acids is 3. The normalized spacial score (nSPS) is 27.4. The average Bonchev–Trinajstić information content (AvgIpc) is 3.26. The van der Waals surface area contributed by atoms with Crippen LogP contribution < -0.4 is 26.7 Å². The van der Waals surface area contributed by atoms with Crippen molar-refractivity contribution in [2.24, 2.45) is 16.9 Å². The first kappa shape index (κ1) is 24.1. The zero-order chi connectivity index (χ0) is 21.9. The molecule has 4 amide bonds. The van der Waals surface area contributed by atoms with Crippen LogP contribution in [-0.2, 0) is 14.3 Å². The van der Waals surface area contributed by atoms with Crippen LogP contribution in [0.5, 0.6) is 0 Å². The van der Waals surface area contributed by atoms with Gasteiger partial charge in [0.05, 0.1) is 18.2 Å². The number of methoxy groups -OCH3 is 1. The zero-order valence-electron chi connectivity index (χ0n) is 18.2. The predicted molar refractivity (Wildman–Crippen MR) is 114 cm³/mol. The second-order valence-electron chi connectivity index (χ2n) is 8.01. The van der Waals surface area contributed by atoms with Crippen molar-refractivity contribution >= 4 is 24.1 Å². The van der Waals surface area contributed by atoms with Gasteiger partial charge in [0.1, 0.15) is 0 Å². The monoisotopic (exact) mass is 424 g/mol. The fraction of sp³-hybridized carbons (Fsp3) is 0.800. The van der Waals surface area contributed by atoms with E-state index in [-0.39, 0.29) is 42.0 Å². The maximum absolute atomic E-state index is 12.3. The second kappa shape index (κ2) is 12.5. The highest BCUT2D eigenvalue weighted by Gasteiger charge is 2.30. The summed E-state index contributed by atoms with van der Waals surface area (Å²) in [4.78, 5) is 35.9. The van der Waals surface area contributed by atoms with Crippen LogP contribution in [0.25, 0.3) is 0 Å². The first-order valence-corrected chi connectivity index (χ1v) is 10.8. The number of rotatable bonds is 9. The topological polar surface area (TPSA) is 133 Å². The van der Waals surface area contributed by atoms with Gasteiger partial charge >= 0.3 is 6.03 Å². The Labute approximate surface area is 178 Å². The number of urea groups is 1. The van der Waals surface area contributed by atoms with E-state index in [1.807, 2.05) is 6.92 Å². The minimum absolute atomic E-state index is 0.0544. The highest BCUT2D eigenvalue weighted by atomic mass is 16.5. The molecule has 0 aromatic rings. The summed E-state index contributed by atoms with van der Waals surface area (Å²) in [5.41, 5.74) is 2.45. The number of nitrogens with zero attached hydrogens (tertiary/aromatic N) is 1. The van der Waals surface area contributed by atoms with E-state index in [0.717, 1.165) is 25.7 Å². The zero-order valence-corrected chi connectivity index (χ0v) is 18.2. The van der Waals surface area contributed by atoms with Gasteiger partial charge in [-0.15, -0.1) is 0 Å². The molecule has 1 saturated carbocycles. The summed E-state index contributed by atoms with van der Waals surface area (Å²) in [5.74, 6) is 0.474. The van der Waals surface area contributed by atoms with E-state index < -0.39 is 0 Å². The van der Waals surface area contributed by atoms with Gasteiger partial charge in [-0.2, -0.15) is 5.10 Å². The Morgan fingerprint density at radius 1 is 1.20 bits per heavy atom. The quantitative estimate of drug-likeness (QED) is 0.264. The number of hydrazone groups is 1. The lowest BCUT2D eigenvalue weighted by molar-refractivity contribution is -0.125. The standard InChI is InChI=1S/C20H36N6O4/c1-4-15(25-19(28)17-9-16(30-3)12-22-17)11-24-26-20(29)23-10-13-5-7-14(8-6-13)18(27)21-2/h11,13-17,22H,4-10,12H2,1-3H3,(H,21,27)(H,25,28)(H2,23,26,29)/b24-11+/t13-,14-,15-,16+,17-/m0/s1. The molecule has 2 rings (SSSR count). The fourth-order valence-corrected chi connectivity index (χ4v) is 3.91. The predicted octanol–water partition coefficient (Wildman–Crippen LogP) is 0.0955. The van der Waals surface area contributed by atoms with Crippen LogP contribution in [-0.4, -0.2) is 69.5 Å². The Balaban J connectivity index is 1.64. The van der Waals surface area contributed by atoms with Gasteiger partial charge in [-0.3, -0.25) is 9.59 Å². The number of carbonyl (C=O) groups is 3. The summed E-state index contributed by atoms with van der Waals surface area (Å²) in [6.45, 7) is 3.16. The van der Waals surface area contributed by atoms with Crippen molar-refractivity contribution in [1.82, 2.24) is 26.7 Å². The molecule has 1 aliphatic carbocycles. The summed E-state index contributed by atoms with van der Waals surface area (Å²) in [6.07, 6.45) is 6.44. The molecule has 1 saturated heterocycles. The molecule has 1 aliphatic heterocycles. The van der Waals surface area contributed by atoms with E-state index in [2.05, 4.69) is 31.8 Å². The molecule has 10 nitrogen and oxygen atoms in total. The lowest BCUT2D eigenvalue weighted by Crippen LogP contribution is -2.46. The number of ether oxygens (including phenoxy) is 1. The Morgan fingerprint density at radius 2 is 1.93 bits per heavy atom. The third kappa shape index (κ3) is 7.56. The molecule has 30 heavy (non-hydrogen) atoms. The molecule has 170 valence electrons. The number of amides is 4. The van der Waals surface area contributed by atoms with Gasteiger partial charge in [0.15, 0.2) is 0 Å². The summed E-state index contributed by atoms with van der Waals surface area (Å²) in [7, 11) is 3.30. The molecule has 0 aromatic heterocycles. The number of hydrogen-bond acceptors (Lipinski definition) is 6. The molecule has 0 bridgehead atoms. The molecule has 2 aliphatic rings. The van der Waals surface area contributed by atoms with E-state index in [1.165, 1.54) is 6.21 Å². The van der Waals surface area contributed by atoms with Gasteiger partial charge in [0, 0.05) is 39.4 Å². The van der Waals surface area contributed by atoms with E-state index in [1.54, 1.807) is 14.2 Å². The van der Waals surface area contributed by atoms with Gasteiger partial charge in [-0.1, -0.05) is 6.92 Å². The van der Waals surface area contributed by atoms with E-state index in [9.17, 15) is 14.4 Å². The van der Waals surface area contributed by atoms with E-state index >= 15 is 0 Å². The highest BCUT2D eigenvalue weighted by Crippen LogP contribution is 2.28. The molecule has 2 fully saturated rings. The summed E-state index contributed by atoms with van der Waals surface area (Å²) >= 11 is 0. The summed E-state index contributed by atoms with van der Waals surface area (Å²) in [5, 5.41) is 15.5. The van der Waals surface area contributed by atoms with Gasteiger partial charge in [0.25, 0.3) is 0 Å². The van der Waals surface area contributed by atoms with Crippen molar-refractivity contribution in [3.05, 3.63) is 0 Å². The van der Waals surface area contributed by atoms with Crippen LogP contribution in [0.4, 0.5) is 4.79 Å². The molecule has 0 unspecified atom stereocenters. The molecule has 0 aromatic carbocycles. The van der Waals surface area contributed by atoms with Crippen LogP contribution in [0, 0.1) is 11.8 Å². The fourth-order valence-electron chi connectivity index (χ4n) is 3.91. The third-order valence-electron chi connectivity index (χ3n) is 5.94. The minimum atomic E-state index is -0.374. The highest BCUT2D eigenvalue weighted by molar-refractivity contribution is 5.85. The van der Waals surface area contributed by atoms with Crippen molar-refractivity contribution in [3.8, 4) is 0 Å². The van der Waals surface area contributed by atoms with Crippen molar-refractivity contribution in [3.63, 3.8) is 0 Å². The second-order valence-corrected chi connectivity index (χ2v) is 8.01. The van der Waals surface area contributed by atoms with Crippen LogP contribution in [0.1, 0.15) is 45.4 Å². The van der Waals surface area contributed by atoms with E-state index in [0.29, 0.717) is 31.8 Å². The molecule has 5 N–H and O–H groups in total.